The van der Waals surface area contributed by atoms with Gasteiger partial charge in [-0.1, -0.05) is 0 Å². The second kappa shape index (κ2) is 4.08. The molecule has 15 heavy (non-hydrogen) atoms. The van der Waals surface area contributed by atoms with Gasteiger partial charge in [-0.05, 0) is 19.8 Å². The molecular weight excluding hydrogens is 214 g/mol. The summed E-state index contributed by atoms with van der Waals surface area (Å²) in [6, 6.07) is 2.25. The minimum atomic E-state index is -3.30. The van der Waals surface area contributed by atoms with E-state index >= 15 is 0 Å². The molecule has 1 aliphatic rings. The van der Waals surface area contributed by atoms with Crippen molar-refractivity contribution in [3.05, 3.63) is 0 Å². The molecule has 0 radical (unpaired) electrons. The Labute approximate surface area is 91.5 Å². The highest BCUT2D eigenvalue weighted by molar-refractivity contribution is 7.86. The molecule has 86 valence electrons. The Kier molecular flexibility index (Phi) is 3.38. The lowest BCUT2D eigenvalue weighted by atomic mass is 9.83. The third-order valence-electron chi connectivity index (χ3n) is 2.88. The summed E-state index contributed by atoms with van der Waals surface area (Å²) in [5, 5.41) is 8.92. The zero-order valence-corrected chi connectivity index (χ0v) is 10.2. The summed E-state index contributed by atoms with van der Waals surface area (Å²) in [5.74, 6) is 0. The first-order chi connectivity index (χ1) is 6.82. The van der Waals surface area contributed by atoms with E-state index in [0.717, 1.165) is 0 Å². The van der Waals surface area contributed by atoms with Crippen LogP contribution in [0, 0.1) is 16.7 Å². The Hall–Kier alpha value is -0.640. The first-order valence-corrected chi connectivity index (χ1v) is 6.30. The fraction of sp³-hybridized carbons (Fsp3) is 0.889. The molecule has 0 aromatic rings. The van der Waals surface area contributed by atoms with Crippen molar-refractivity contribution in [1.29, 1.82) is 5.26 Å². The zero-order chi connectivity index (χ0) is 11.7. The van der Waals surface area contributed by atoms with Crippen LogP contribution >= 0.6 is 0 Å². The van der Waals surface area contributed by atoms with Gasteiger partial charge in [-0.15, -0.1) is 0 Å². The van der Waals surface area contributed by atoms with Gasteiger partial charge in [-0.2, -0.15) is 22.3 Å². The van der Waals surface area contributed by atoms with E-state index in [1.165, 1.54) is 22.7 Å². The Morgan fingerprint density at radius 3 is 2.13 bits per heavy atom. The van der Waals surface area contributed by atoms with Crippen LogP contribution in [0.4, 0.5) is 0 Å². The molecule has 1 aliphatic heterocycles. The summed E-state index contributed by atoms with van der Waals surface area (Å²) in [4.78, 5) is 0. The predicted octanol–water partition coefficient (Wildman–Crippen LogP) is 0.418. The third kappa shape index (κ3) is 2.48. The average Bonchev–Trinajstić information content (AvgIpc) is 2.18. The molecule has 1 rings (SSSR count). The quantitative estimate of drug-likeness (QED) is 0.691. The molecule has 0 bridgehead atoms. The van der Waals surface area contributed by atoms with Crippen LogP contribution in [0.3, 0.4) is 0 Å². The second-order valence-corrected chi connectivity index (χ2v) is 6.50. The van der Waals surface area contributed by atoms with Gasteiger partial charge in [0.1, 0.15) is 0 Å². The Morgan fingerprint density at radius 1 is 1.33 bits per heavy atom. The number of nitriles is 1. The van der Waals surface area contributed by atoms with Gasteiger partial charge < -0.3 is 0 Å². The van der Waals surface area contributed by atoms with Crippen LogP contribution in [0.1, 0.15) is 19.8 Å². The molecule has 0 N–H and O–H groups in total. The summed E-state index contributed by atoms with van der Waals surface area (Å²) < 4.78 is 26.2. The zero-order valence-electron chi connectivity index (χ0n) is 9.39. The molecule has 6 heteroatoms. The van der Waals surface area contributed by atoms with Crippen molar-refractivity contribution in [3.8, 4) is 6.07 Å². The molecule has 1 fully saturated rings. The Bertz CT molecular complexity index is 361. The molecule has 0 saturated carbocycles. The van der Waals surface area contributed by atoms with Gasteiger partial charge in [-0.3, -0.25) is 0 Å². The van der Waals surface area contributed by atoms with E-state index < -0.39 is 10.2 Å². The first kappa shape index (κ1) is 12.4. The van der Waals surface area contributed by atoms with E-state index in [0.29, 0.717) is 25.9 Å². The lowest BCUT2D eigenvalue weighted by Gasteiger charge is -2.35. The highest BCUT2D eigenvalue weighted by atomic mass is 32.2. The van der Waals surface area contributed by atoms with Gasteiger partial charge in [-0.25, -0.2) is 0 Å². The molecule has 1 saturated heterocycles. The van der Waals surface area contributed by atoms with Crippen molar-refractivity contribution in [2.45, 2.75) is 19.8 Å². The maximum atomic E-state index is 11.8. The molecule has 0 unspecified atom stereocenters. The molecule has 5 nitrogen and oxygen atoms in total. The topological polar surface area (TPSA) is 64.4 Å². The maximum Gasteiger partial charge on any atom is 0.281 e. The molecule has 0 spiro atoms. The minimum Gasteiger partial charge on any atom is -0.198 e. The predicted molar refractivity (Wildman–Crippen MR) is 57.1 cm³/mol. The van der Waals surface area contributed by atoms with Gasteiger partial charge in [0, 0.05) is 27.2 Å². The fourth-order valence-electron chi connectivity index (χ4n) is 1.55. The molecule has 1 heterocycles. The summed E-state index contributed by atoms with van der Waals surface area (Å²) in [6.07, 6.45) is 1.22. The van der Waals surface area contributed by atoms with E-state index in [2.05, 4.69) is 6.07 Å². The second-order valence-electron chi connectivity index (χ2n) is 4.36. The van der Waals surface area contributed by atoms with Gasteiger partial charge >= 0.3 is 0 Å². The highest BCUT2D eigenvalue weighted by Crippen LogP contribution is 2.31. The maximum absolute atomic E-state index is 11.8. The van der Waals surface area contributed by atoms with Crippen molar-refractivity contribution >= 4 is 10.2 Å². The van der Waals surface area contributed by atoms with Crippen LogP contribution in [-0.4, -0.2) is 44.2 Å². The Morgan fingerprint density at radius 2 is 1.80 bits per heavy atom. The van der Waals surface area contributed by atoms with E-state index in [1.807, 2.05) is 6.92 Å². The first-order valence-electron chi connectivity index (χ1n) is 4.91. The van der Waals surface area contributed by atoms with Crippen molar-refractivity contribution in [1.82, 2.24) is 8.61 Å². The SMILES string of the molecule is CN(C)S(=O)(=O)N1CCC(C)(C#N)CC1. The largest absolute Gasteiger partial charge is 0.281 e. The van der Waals surface area contributed by atoms with E-state index in [-0.39, 0.29) is 5.41 Å². The number of hydrogen-bond acceptors (Lipinski definition) is 3. The van der Waals surface area contributed by atoms with E-state index in [4.69, 9.17) is 5.26 Å². The molecule has 0 aromatic heterocycles. The molecule has 0 amide bonds. The highest BCUT2D eigenvalue weighted by Gasteiger charge is 2.35. The average molecular weight is 231 g/mol. The summed E-state index contributed by atoms with van der Waals surface area (Å²) in [6.45, 7) is 2.75. The summed E-state index contributed by atoms with van der Waals surface area (Å²) in [5.41, 5.74) is -0.363. The fourth-order valence-corrected chi connectivity index (χ4v) is 2.66. The van der Waals surface area contributed by atoms with Crippen molar-refractivity contribution in [2.75, 3.05) is 27.2 Å². The number of piperidine rings is 1. The van der Waals surface area contributed by atoms with Gasteiger partial charge in [0.05, 0.1) is 11.5 Å². The number of rotatable bonds is 2. The number of nitrogens with zero attached hydrogens (tertiary/aromatic N) is 3. The van der Waals surface area contributed by atoms with Crippen molar-refractivity contribution < 1.29 is 8.42 Å². The summed E-state index contributed by atoms with van der Waals surface area (Å²) in [7, 11) is -0.259. The van der Waals surface area contributed by atoms with Crippen LogP contribution in [0.5, 0.6) is 0 Å². The molecule has 0 aromatic carbocycles. The molecule has 0 atom stereocenters. The van der Waals surface area contributed by atoms with Crippen LogP contribution in [0.25, 0.3) is 0 Å². The van der Waals surface area contributed by atoms with Crippen LogP contribution in [0.15, 0.2) is 0 Å². The summed E-state index contributed by atoms with van der Waals surface area (Å²) >= 11 is 0. The van der Waals surface area contributed by atoms with Gasteiger partial charge in [0.2, 0.25) is 0 Å². The van der Waals surface area contributed by atoms with Gasteiger partial charge in [0.25, 0.3) is 10.2 Å². The monoisotopic (exact) mass is 231 g/mol. The minimum absolute atomic E-state index is 0.363. The normalized spacial score (nSPS) is 22.6. The van der Waals surface area contributed by atoms with Crippen molar-refractivity contribution in [2.24, 2.45) is 5.41 Å². The smallest absolute Gasteiger partial charge is 0.198 e. The van der Waals surface area contributed by atoms with Crippen LogP contribution in [0.2, 0.25) is 0 Å². The van der Waals surface area contributed by atoms with Crippen LogP contribution in [-0.2, 0) is 10.2 Å². The Balaban J connectivity index is 2.72. The standard InChI is InChI=1S/C9H17N3O2S/c1-9(8-10)4-6-12(7-5-9)15(13,14)11(2)3/h4-7H2,1-3H3. The third-order valence-corrected chi connectivity index (χ3v) is 4.82. The van der Waals surface area contributed by atoms with Crippen molar-refractivity contribution in [3.63, 3.8) is 0 Å². The van der Waals surface area contributed by atoms with Gasteiger partial charge in [0.15, 0.2) is 0 Å². The number of hydrogen-bond donors (Lipinski definition) is 0. The molecule has 0 aliphatic carbocycles. The van der Waals surface area contributed by atoms with E-state index in [1.54, 1.807) is 0 Å². The van der Waals surface area contributed by atoms with E-state index in [9.17, 15) is 8.42 Å². The van der Waals surface area contributed by atoms with Crippen LogP contribution < -0.4 is 0 Å². The lowest BCUT2D eigenvalue weighted by Crippen LogP contribution is -2.46. The molecular formula is C9H17N3O2S. The lowest BCUT2D eigenvalue weighted by molar-refractivity contribution is 0.224.